The molecule has 1 N–H and O–H groups in total. The second-order valence-corrected chi connectivity index (χ2v) is 5.77. The predicted octanol–water partition coefficient (Wildman–Crippen LogP) is 3.48. The number of anilines is 1. The van der Waals surface area contributed by atoms with Crippen molar-refractivity contribution in [3.8, 4) is 5.75 Å². The van der Waals surface area contributed by atoms with Gasteiger partial charge in [0.15, 0.2) is 0 Å². The summed E-state index contributed by atoms with van der Waals surface area (Å²) in [4.78, 5) is 5.11. The predicted molar refractivity (Wildman–Crippen MR) is 85.5 cm³/mol. The van der Waals surface area contributed by atoms with E-state index >= 15 is 0 Å². The number of benzene rings is 1. The lowest BCUT2D eigenvalue weighted by Gasteiger charge is -2.39. The van der Waals surface area contributed by atoms with Gasteiger partial charge in [-0.05, 0) is 63.0 Å². The molecule has 20 heavy (non-hydrogen) atoms. The van der Waals surface area contributed by atoms with Gasteiger partial charge in [-0.3, -0.25) is 0 Å². The summed E-state index contributed by atoms with van der Waals surface area (Å²) >= 11 is 0. The molecule has 112 valence electrons. The molecule has 0 aromatic heterocycles. The molecule has 2 rings (SSSR count). The van der Waals surface area contributed by atoms with Gasteiger partial charge in [0.25, 0.3) is 0 Å². The largest absolute Gasteiger partial charge is 0.508 e. The molecular weight excluding hydrogens is 248 g/mol. The van der Waals surface area contributed by atoms with Gasteiger partial charge in [-0.2, -0.15) is 0 Å². The molecule has 0 radical (unpaired) electrons. The van der Waals surface area contributed by atoms with E-state index in [9.17, 15) is 5.11 Å². The Morgan fingerprint density at radius 1 is 1.05 bits per heavy atom. The Bertz CT molecular complexity index is 376. The molecule has 1 heterocycles. The summed E-state index contributed by atoms with van der Waals surface area (Å²) in [7, 11) is 0. The van der Waals surface area contributed by atoms with Crippen molar-refractivity contribution in [3.63, 3.8) is 0 Å². The Kier molecular flexibility index (Phi) is 5.72. The average molecular weight is 276 g/mol. The smallest absolute Gasteiger partial charge is 0.115 e. The second-order valence-electron chi connectivity index (χ2n) is 5.77. The number of hydrogen-bond acceptors (Lipinski definition) is 3. The zero-order valence-electron chi connectivity index (χ0n) is 12.9. The summed E-state index contributed by atoms with van der Waals surface area (Å²) in [6, 6.07) is 8.35. The highest BCUT2D eigenvalue weighted by Gasteiger charge is 2.23. The number of aromatic hydroxyl groups is 1. The first-order valence-corrected chi connectivity index (χ1v) is 8.02. The number of rotatable bonds is 6. The first-order valence-electron chi connectivity index (χ1n) is 8.02. The Balaban J connectivity index is 1.89. The van der Waals surface area contributed by atoms with Gasteiger partial charge < -0.3 is 14.9 Å². The van der Waals surface area contributed by atoms with E-state index in [0.717, 1.165) is 19.1 Å². The van der Waals surface area contributed by atoms with E-state index in [2.05, 4.69) is 23.6 Å². The lowest BCUT2D eigenvalue weighted by atomic mass is 10.0. The van der Waals surface area contributed by atoms with Crippen molar-refractivity contribution in [3.05, 3.63) is 24.3 Å². The van der Waals surface area contributed by atoms with E-state index in [1.54, 1.807) is 12.1 Å². The summed E-state index contributed by atoms with van der Waals surface area (Å²) in [6.07, 6.45) is 5.00. The fraction of sp³-hybridized carbons (Fsp3) is 0.647. The van der Waals surface area contributed by atoms with Crippen LogP contribution in [-0.4, -0.2) is 42.2 Å². The highest BCUT2D eigenvalue weighted by atomic mass is 16.3. The van der Waals surface area contributed by atoms with Crippen LogP contribution in [0, 0.1) is 0 Å². The van der Waals surface area contributed by atoms with Crippen LogP contribution in [-0.2, 0) is 0 Å². The molecule has 0 amide bonds. The van der Waals surface area contributed by atoms with Gasteiger partial charge >= 0.3 is 0 Å². The minimum Gasteiger partial charge on any atom is -0.508 e. The van der Waals surface area contributed by atoms with Crippen molar-refractivity contribution >= 4 is 5.69 Å². The molecule has 1 saturated heterocycles. The number of hydrogen-bond donors (Lipinski definition) is 1. The number of phenols is 1. The summed E-state index contributed by atoms with van der Waals surface area (Å²) in [5, 5.41) is 9.36. The Morgan fingerprint density at radius 3 is 2.10 bits per heavy atom. The van der Waals surface area contributed by atoms with Crippen LogP contribution in [0.3, 0.4) is 0 Å². The van der Waals surface area contributed by atoms with Crippen LogP contribution in [0.2, 0.25) is 0 Å². The molecule has 1 aliphatic heterocycles. The van der Waals surface area contributed by atoms with Crippen molar-refractivity contribution < 1.29 is 5.11 Å². The maximum absolute atomic E-state index is 9.36. The number of nitrogens with zero attached hydrogens (tertiary/aromatic N) is 2. The molecule has 0 atom stereocenters. The maximum Gasteiger partial charge on any atom is 0.115 e. The van der Waals surface area contributed by atoms with Gasteiger partial charge in [0, 0.05) is 24.8 Å². The summed E-state index contributed by atoms with van der Waals surface area (Å²) in [5.74, 6) is 0.348. The highest BCUT2D eigenvalue weighted by Crippen LogP contribution is 2.24. The molecule has 1 aliphatic rings. The van der Waals surface area contributed by atoms with E-state index < -0.39 is 0 Å². The number of piperidine rings is 1. The van der Waals surface area contributed by atoms with Crippen molar-refractivity contribution in [1.29, 1.82) is 0 Å². The molecule has 0 saturated carbocycles. The van der Waals surface area contributed by atoms with Crippen molar-refractivity contribution in [2.75, 3.05) is 31.1 Å². The van der Waals surface area contributed by atoms with Crippen LogP contribution in [0.1, 0.15) is 39.5 Å². The van der Waals surface area contributed by atoms with Crippen molar-refractivity contribution in [2.45, 2.75) is 45.6 Å². The molecule has 0 aliphatic carbocycles. The zero-order chi connectivity index (χ0) is 14.4. The van der Waals surface area contributed by atoms with Gasteiger partial charge in [-0.15, -0.1) is 0 Å². The normalized spacial score (nSPS) is 16.9. The minimum absolute atomic E-state index is 0.348. The van der Waals surface area contributed by atoms with Gasteiger partial charge in [-0.1, -0.05) is 13.8 Å². The summed E-state index contributed by atoms with van der Waals surface area (Å²) < 4.78 is 0. The molecular formula is C17H28N2O. The first-order chi connectivity index (χ1) is 9.74. The molecule has 0 bridgehead atoms. The SMILES string of the molecule is CCCN(CCC)C1CCN(c2ccc(O)cc2)CC1. The van der Waals surface area contributed by atoms with E-state index in [1.165, 1.54) is 44.5 Å². The third-order valence-electron chi connectivity index (χ3n) is 4.22. The lowest BCUT2D eigenvalue weighted by molar-refractivity contribution is 0.169. The minimum atomic E-state index is 0.348. The average Bonchev–Trinajstić information content (AvgIpc) is 2.48. The van der Waals surface area contributed by atoms with Crippen molar-refractivity contribution in [2.24, 2.45) is 0 Å². The summed E-state index contributed by atoms with van der Waals surface area (Å²) in [6.45, 7) is 9.26. The first kappa shape index (κ1) is 15.2. The van der Waals surface area contributed by atoms with Crippen LogP contribution < -0.4 is 4.90 Å². The van der Waals surface area contributed by atoms with E-state index in [4.69, 9.17) is 0 Å². The molecule has 3 heteroatoms. The fourth-order valence-electron chi connectivity index (χ4n) is 3.20. The van der Waals surface area contributed by atoms with Crippen LogP contribution in [0.25, 0.3) is 0 Å². The third kappa shape index (κ3) is 3.89. The van der Waals surface area contributed by atoms with Gasteiger partial charge in [0.2, 0.25) is 0 Å². The molecule has 1 aromatic carbocycles. The number of phenolic OH excluding ortho intramolecular Hbond substituents is 1. The molecule has 1 aromatic rings. The lowest BCUT2D eigenvalue weighted by Crippen LogP contribution is -2.45. The second kappa shape index (κ2) is 7.53. The van der Waals surface area contributed by atoms with Crippen LogP contribution in [0.4, 0.5) is 5.69 Å². The van der Waals surface area contributed by atoms with Crippen LogP contribution in [0.15, 0.2) is 24.3 Å². The van der Waals surface area contributed by atoms with E-state index in [0.29, 0.717) is 5.75 Å². The van der Waals surface area contributed by atoms with Crippen molar-refractivity contribution in [1.82, 2.24) is 4.90 Å². The van der Waals surface area contributed by atoms with E-state index in [1.807, 2.05) is 12.1 Å². The van der Waals surface area contributed by atoms with Gasteiger partial charge in [0.1, 0.15) is 5.75 Å². The summed E-state index contributed by atoms with van der Waals surface area (Å²) in [5.41, 5.74) is 1.23. The fourth-order valence-corrected chi connectivity index (χ4v) is 3.20. The third-order valence-corrected chi connectivity index (χ3v) is 4.22. The maximum atomic E-state index is 9.36. The molecule has 0 spiro atoms. The van der Waals surface area contributed by atoms with Gasteiger partial charge in [-0.25, -0.2) is 0 Å². The Labute approximate surface area is 123 Å². The zero-order valence-corrected chi connectivity index (χ0v) is 12.9. The quantitative estimate of drug-likeness (QED) is 0.861. The Hall–Kier alpha value is -1.22. The Morgan fingerprint density at radius 2 is 1.60 bits per heavy atom. The molecule has 1 fully saturated rings. The molecule has 3 nitrogen and oxygen atoms in total. The van der Waals surface area contributed by atoms with E-state index in [-0.39, 0.29) is 0 Å². The van der Waals surface area contributed by atoms with Crippen LogP contribution >= 0.6 is 0 Å². The monoisotopic (exact) mass is 276 g/mol. The topological polar surface area (TPSA) is 26.7 Å². The molecule has 0 unspecified atom stereocenters. The van der Waals surface area contributed by atoms with Crippen LogP contribution in [0.5, 0.6) is 5.75 Å². The standard InChI is InChI=1S/C17H28N2O/c1-3-11-18(12-4-2)16-9-13-19(14-10-16)15-5-7-17(20)8-6-15/h5-8,16,20H,3-4,9-14H2,1-2H3. The highest BCUT2D eigenvalue weighted by molar-refractivity contribution is 5.49. The van der Waals surface area contributed by atoms with Gasteiger partial charge in [0.05, 0.1) is 0 Å².